The van der Waals surface area contributed by atoms with Crippen molar-refractivity contribution in [3.05, 3.63) is 62.5 Å². The molecule has 0 radical (unpaired) electrons. The Morgan fingerprint density at radius 2 is 1.46 bits per heavy atom. The predicted octanol–water partition coefficient (Wildman–Crippen LogP) is 3.44. The molecule has 0 bridgehead atoms. The van der Waals surface area contributed by atoms with Crippen molar-refractivity contribution >= 4 is 54.8 Å². The zero-order valence-corrected chi connectivity index (χ0v) is 18.0. The predicted molar refractivity (Wildman–Crippen MR) is 110 cm³/mol. The van der Waals surface area contributed by atoms with E-state index >= 15 is 0 Å². The number of nitrogens with one attached hydrogen (secondary N) is 1. The SMILES string of the molecule is COC(=O)C1=C(C)NC(C)=C(C(=O)OC)C1c1cccc([N+](=O)[O-])c1.Cl.Cl.Cl. The van der Waals surface area contributed by atoms with E-state index in [0.29, 0.717) is 17.0 Å². The van der Waals surface area contributed by atoms with Gasteiger partial charge in [0, 0.05) is 23.5 Å². The second kappa shape index (κ2) is 11.5. The molecule has 2 rings (SSSR count). The van der Waals surface area contributed by atoms with Crippen LogP contribution in [0.3, 0.4) is 0 Å². The number of non-ortho nitro benzene ring substituents is 1. The van der Waals surface area contributed by atoms with Gasteiger partial charge >= 0.3 is 11.9 Å². The van der Waals surface area contributed by atoms with E-state index in [2.05, 4.69) is 5.32 Å². The van der Waals surface area contributed by atoms with Crippen LogP contribution >= 0.6 is 37.2 Å². The van der Waals surface area contributed by atoms with E-state index in [1.54, 1.807) is 19.9 Å². The van der Waals surface area contributed by atoms with Gasteiger partial charge in [0.15, 0.2) is 0 Å². The van der Waals surface area contributed by atoms with Gasteiger partial charge in [0.1, 0.15) is 0 Å². The Morgan fingerprint density at radius 3 is 1.86 bits per heavy atom. The van der Waals surface area contributed by atoms with Gasteiger partial charge in [0.25, 0.3) is 5.69 Å². The smallest absolute Gasteiger partial charge is 0.336 e. The fraction of sp³-hybridized carbons (Fsp3) is 0.294. The van der Waals surface area contributed by atoms with Crippen molar-refractivity contribution < 1.29 is 24.0 Å². The molecular formula is C17H21Cl3N2O6. The molecule has 0 aromatic heterocycles. The van der Waals surface area contributed by atoms with E-state index in [9.17, 15) is 19.7 Å². The lowest BCUT2D eigenvalue weighted by atomic mass is 9.80. The number of rotatable bonds is 4. The number of nitro groups is 1. The van der Waals surface area contributed by atoms with E-state index in [0.717, 1.165) is 0 Å². The Kier molecular flexibility index (Phi) is 11.5. The summed E-state index contributed by atoms with van der Waals surface area (Å²) in [5.41, 5.74) is 1.71. The summed E-state index contributed by atoms with van der Waals surface area (Å²) < 4.78 is 9.68. The summed E-state index contributed by atoms with van der Waals surface area (Å²) in [7, 11) is 2.46. The molecule has 1 N–H and O–H groups in total. The van der Waals surface area contributed by atoms with Crippen LogP contribution in [-0.4, -0.2) is 31.1 Å². The molecule has 8 nitrogen and oxygen atoms in total. The molecule has 0 aliphatic carbocycles. The van der Waals surface area contributed by atoms with Crippen molar-refractivity contribution in [3.8, 4) is 0 Å². The fourth-order valence-electron chi connectivity index (χ4n) is 2.91. The number of hydrogen-bond acceptors (Lipinski definition) is 7. The summed E-state index contributed by atoms with van der Waals surface area (Å²) in [6, 6.07) is 5.80. The van der Waals surface area contributed by atoms with Crippen LogP contribution in [0, 0.1) is 10.1 Å². The summed E-state index contributed by atoms with van der Waals surface area (Å²) in [4.78, 5) is 35.2. The first kappa shape index (κ1) is 27.9. The van der Waals surface area contributed by atoms with Gasteiger partial charge < -0.3 is 14.8 Å². The van der Waals surface area contributed by atoms with E-state index in [1.165, 1.54) is 32.4 Å². The Bertz CT molecular complexity index is 785. The minimum atomic E-state index is -0.832. The first-order chi connectivity index (χ1) is 11.8. The van der Waals surface area contributed by atoms with Gasteiger partial charge in [0.2, 0.25) is 0 Å². The van der Waals surface area contributed by atoms with Crippen LogP contribution in [0.2, 0.25) is 0 Å². The summed E-state index contributed by atoms with van der Waals surface area (Å²) in [5, 5.41) is 14.1. The highest BCUT2D eigenvalue weighted by Crippen LogP contribution is 2.39. The highest BCUT2D eigenvalue weighted by Gasteiger charge is 2.38. The van der Waals surface area contributed by atoms with Crippen molar-refractivity contribution in [2.75, 3.05) is 14.2 Å². The molecule has 0 atom stereocenters. The lowest BCUT2D eigenvalue weighted by molar-refractivity contribution is -0.384. The molecule has 1 aromatic carbocycles. The van der Waals surface area contributed by atoms with E-state index in [4.69, 9.17) is 9.47 Å². The molecule has 0 spiro atoms. The van der Waals surface area contributed by atoms with E-state index in [-0.39, 0.29) is 54.1 Å². The third kappa shape index (κ3) is 5.37. The lowest BCUT2D eigenvalue weighted by Gasteiger charge is -2.29. The van der Waals surface area contributed by atoms with Crippen molar-refractivity contribution in [2.45, 2.75) is 19.8 Å². The van der Waals surface area contributed by atoms with Gasteiger partial charge in [-0.2, -0.15) is 0 Å². The topological polar surface area (TPSA) is 108 Å². The quantitative estimate of drug-likeness (QED) is 0.421. The van der Waals surface area contributed by atoms with Crippen LogP contribution in [0.1, 0.15) is 25.3 Å². The number of methoxy groups -OCH3 is 2. The maximum atomic E-state index is 12.3. The largest absolute Gasteiger partial charge is 0.466 e. The molecule has 0 unspecified atom stereocenters. The van der Waals surface area contributed by atoms with Gasteiger partial charge in [-0.25, -0.2) is 9.59 Å². The highest BCUT2D eigenvalue weighted by atomic mass is 35.5. The van der Waals surface area contributed by atoms with Crippen LogP contribution in [0.4, 0.5) is 5.69 Å². The van der Waals surface area contributed by atoms with Crippen LogP contribution in [0.5, 0.6) is 0 Å². The number of carbonyl (C=O) groups is 2. The maximum absolute atomic E-state index is 12.3. The number of allylic oxidation sites excluding steroid dienone is 2. The summed E-state index contributed by atoms with van der Waals surface area (Å²) in [6.07, 6.45) is 0. The monoisotopic (exact) mass is 454 g/mol. The van der Waals surface area contributed by atoms with Gasteiger partial charge in [-0.3, -0.25) is 10.1 Å². The molecule has 1 aliphatic heterocycles. The number of hydrogen-bond donors (Lipinski definition) is 1. The standard InChI is InChI=1S/C17H18N2O6.3ClH/c1-9-13(16(20)24-3)15(14(10(2)18-9)17(21)25-4)11-6-5-7-12(8-11)19(22)23;;;/h5-8,15,18H,1-4H3;3*1H. The van der Waals surface area contributed by atoms with Gasteiger partial charge in [-0.05, 0) is 19.4 Å². The molecule has 156 valence electrons. The number of dihydropyridines is 1. The zero-order chi connectivity index (χ0) is 18.7. The van der Waals surface area contributed by atoms with Crippen molar-refractivity contribution in [2.24, 2.45) is 0 Å². The first-order valence-corrected chi connectivity index (χ1v) is 7.41. The Morgan fingerprint density at radius 1 is 1.00 bits per heavy atom. The number of benzene rings is 1. The first-order valence-electron chi connectivity index (χ1n) is 7.41. The summed E-state index contributed by atoms with van der Waals surface area (Å²) in [6.45, 7) is 3.35. The number of esters is 2. The number of ether oxygens (including phenoxy) is 2. The van der Waals surface area contributed by atoms with Crippen molar-refractivity contribution in [3.63, 3.8) is 0 Å². The zero-order valence-electron chi connectivity index (χ0n) is 15.5. The van der Waals surface area contributed by atoms with E-state index in [1.807, 2.05) is 0 Å². The van der Waals surface area contributed by atoms with E-state index < -0.39 is 22.8 Å². The van der Waals surface area contributed by atoms with Gasteiger partial charge in [0.05, 0.1) is 36.2 Å². The molecule has 0 saturated heterocycles. The van der Waals surface area contributed by atoms with Crippen LogP contribution in [-0.2, 0) is 19.1 Å². The Balaban J connectivity index is 0. The third-order valence-electron chi connectivity index (χ3n) is 3.99. The molecular weight excluding hydrogens is 435 g/mol. The summed E-state index contributed by atoms with van der Waals surface area (Å²) >= 11 is 0. The van der Waals surface area contributed by atoms with Crippen LogP contribution < -0.4 is 5.32 Å². The molecule has 11 heteroatoms. The minimum absolute atomic E-state index is 0. The van der Waals surface area contributed by atoms with Crippen LogP contribution in [0.25, 0.3) is 0 Å². The number of nitro benzene ring substituents is 1. The average molecular weight is 456 g/mol. The van der Waals surface area contributed by atoms with Crippen molar-refractivity contribution in [1.29, 1.82) is 0 Å². The molecule has 1 heterocycles. The number of halogens is 3. The summed E-state index contributed by atoms with van der Waals surface area (Å²) in [5.74, 6) is -2.09. The Hall–Kier alpha value is -2.29. The second-order valence-corrected chi connectivity index (χ2v) is 5.47. The molecule has 0 amide bonds. The highest BCUT2D eigenvalue weighted by molar-refractivity contribution is 5.99. The molecule has 0 saturated carbocycles. The van der Waals surface area contributed by atoms with Crippen molar-refractivity contribution in [1.82, 2.24) is 5.32 Å². The minimum Gasteiger partial charge on any atom is -0.466 e. The molecule has 28 heavy (non-hydrogen) atoms. The lowest BCUT2D eigenvalue weighted by Crippen LogP contribution is -2.32. The Labute approximate surface area is 180 Å². The third-order valence-corrected chi connectivity index (χ3v) is 3.99. The molecule has 1 aromatic rings. The van der Waals surface area contributed by atoms with Crippen LogP contribution in [0.15, 0.2) is 46.8 Å². The second-order valence-electron chi connectivity index (χ2n) is 5.47. The normalized spacial score (nSPS) is 13.3. The average Bonchev–Trinajstić information content (AvgIpc) is 2.59. The number of nitrogens with zero attached hydrogens (tertiary/aromatic N) is 1. The molecule has 1 aliphatic rings. The fourth-order valence-corrected chi connectivity index (χ4v) is 2.91. The number of carbonyl (C=O) groups excluding carboxylic acids is 2. The van der Waals surface area contributed by atoms with Gasteiger partial charge in [-0.15, -0.1) is 37.2 Å². The maximum Gasteiger partial charge on any atom is 0.336 e. The molecule has 0 fully saturated rings. The van der Waals surface area contributed by atoms with Gasteiger partial charge in [-0.1, -0.05) is 12.1 Å².